The molecule has 0 saturated carbocycles. The van der Waals surface area contributed by atoms with Crippen molar-refractivity contribution in [1.82, 2.24) is 20.1 Å². The summed E-state index contributed by atoms with van der Waals surface area (Å²) in [7, 11) is 1.43. The first-order valence-electron chi connectivity index (χ1n) is 18.1. The van der Waals surface area contributed by atoms with Crippen LogP contribution in [0.2, 0.25) is 0 Å². The molecule has 5 amide bonds. The number of carbonyl (C=O) groups excluding carboxylic acids is 6. The lowest BCUT2D eigenvalue weighted by molar-refractivity contribution is -0.142. The first-order valence-corrected chi connectivity index (χ1v) is 18.1. The zero-order chi connectivity index (χ0) is 37.1. The van der Waals surface area contributed by atoms with Crippen molar-refractivity contribution in [2.45, 2.75) is 91.1 Å². The Balaban J connectivity index is 0.000000230. The summed E-state index contributed by atoms with van der Waals surface area (Å²) < 4.78 is 0. The van der Waals surface area contributed by atoms with E-state index in [4.69, 9.17) is 0 Å². The van der Waals surface area contributed by atoms with Crippen LogP contribution in [-0.4, -0.2) is 89.6 Å². The van der Waals surface area contributed by atoms with Crippen LogP contribution in [0.15, 0.2) is 53.6 Å². The van der Waals surface area contributed by atoms with Gasteiger partial charge in [0.25, 0.3) is 11.8 Å². The molecule has 3 aliphatic heterocycles. The van der Waals surface area contributed by atoms with Crippen molar-refractivity contribution in [2.75, 3.05) is 32.0 Å². The number of amides is 5. The van der Waals surface area contributed by atoms with E-state index in [1.54, 1.807) is 23.2 Å². The second kappa shape index (κ2) is 17.9. The van der Waals surface area contributed by atoms with Crippen molar-refractivity contribution in [2.24, 2.45) is 16.4 Å². The van der Waals surface area contributed by atoms with Crippen LogP contribution in [0.1, 0.15) is 111 Å². The molecule has 3 aliphatic rings. The normalized spacial score (nSPS) is 17.8. The predicted octanol–water partition coefficient (Wildman–Crippen LogP) is 5.21. The summed E-state index contributed by atoms with van der Waals surface area (Å²) in [6.07, 6.45) is 7.35. The van der Waals surface area contributed by atoms with E-state index in [9.17, 15) is 28.8 Å². The van der Waals surface area contributed by atoms with E-state index in [-0.39, 0.29) is 53.2 Å². The van der Waals surface area contributed by atoms with Crippen LogP contribution in [0.4, 0.5) is 5.69 Å². The summed E-state index contributed by atoms with van der Waals surface area (Å²) in [5.74, 6) is -1.21. The van der Waals surface area contributed by atoms with Crippen molar-refractivity contribution < 1.29 is 28.8 Å². The van der Waals surface area contributed by atoms with E-state index in [1.165, 1.54) is 7.05 Å². The van der Waals surface area contributed by atoms with Crippen molar-refractivity contribution in [3.8, 4) is 0 Å². The molecule has 2 aromatic rings. The standard InChI is InChI=1S/C22H31N3O2.C17H21N3O4/c1-4-22(2,3)16-20(26)24-14-11-18(12-15-24)21(27)25-19(10-13-23-25)17-8-6-5-7-9-17;1-3-9-19-12-7-4-6-11-14(12)17(24)20(16(11)23)13(8-5-10-21)15(22)18-2/h5-9,13,18-19H,4,10-12,14-16H2,1-3H3;4,6-7,10,13,19H,3,5,8-9H2,1-2H3,(H,18,22). The molecule has 12 nitrogen and oxygen atoms in total. The lowest BCUT2D eigenvalue weighted by Gasteiger charge is -2.35. The lowest BCUT2D eigenvalue weighted by atomic mass is 9.85. The fraction of sp³-hybridized carbons (Fsp3) is 0.513. The highest BCUT2D eigenvalue weighted by atomic mass is 16.2. The summed E-state index contributed by atoms with van der Waals surface area (Å²) in [5, 5.41) is 11.6. The lowest BCUT2D eigenvalue weighted by Crippen LogP contribution is -2.48. The number of carbonyl (C=O) groups is 6. The van der Waals surface area contributed by atoms with Gasteiger partial charge in [0, 0.05) is 63.8 Å². The van der Waals surface area contributed by atoms with Crippen molar-refractivity contribution in [1.29, 1.82) is 0 Å². The van der Waals surface area contributed by atoms with Gasteiger partial charge >= 0.3 is 0 Å². The number of imide groups is 1. The Morgan fingerprint density at radius 3 is 2.33 bits per heavy atom. The van der Waals surface area contributed by atoms with E-state index in [0.29, 0.717) is 38.0 Å². The minimum Gasteiger partial charge on any atom is -0.384 e. The van der Waals surface area contributed by atoms with Gasteiger partial charge in [0.2, 0.25) is 17.7 Å². The smallest absolute Gasteiger partial charge is 0.264 e. The topological polar surface area (TPSA) is 149 Å². The number of fused-ring (bicyclic) bond motifs is 1. The number of hydrogen-bond donors (Lipinski definition) is 2. The molecule has 0 radical (unpaired) electrons. The molecule has 5 rings (SSSR count). The molecule has 3 heterocycles. The van der Waals surface area contributed by atoms with Crippen LogP contribution in [0, 0.1) is 11.3 Å². The third kappa shape index (κ3) is 9.28. The van der Waals surface area contributed by atoms with Gasteiger partial charge in [-0.15, -0.1) is 0 Å². The maximum atomic E-state index is 13.0. The van der Waals surface area contributed by atoms with Crippen LogP contribution < -0.4 is 10.6 Å². The minimum atomic E-state index is -0.994. The van der Waals surface area contributed by atoms with Gasteiger partial charge in [-0.1, -0.05) is 70.5 Å². The Hall–Kier alpha value is -4.87. The number of hydrazone groups is 1. The van der Waals surface area contributed by atoms with Gasteiger partial charge in [-0.25, -0.2) is 5.01 Å². The molecule has 2 atom stereocenters. The second-order valence-corrected chi connectivity index (χ2v) is 14.0. The third-order valence-corrected chi connectivity index (χ3v) is 9.95. The molecule has 12 heteroatoms. The number of piperidine rings is 1. The van der Waals surface area contributed by atoms with Gasteiger partial charge in [0.15, 0.2) is 0 Å². The summed E-state index contributed by atoms with van der Waals surface area (Å²) in [6.45, 7) is 10.4. The van der Waals surface area contributed by atoms with Crippen LogP contribution in [0.5, 0.6) is 0 Å². The zero-order valence-corrected chi connectivity index (χ0v) is 30.5. The van der Waals surface area contributed by atoms with Crippen LogP contribution in [0.25, 0.3) is 0 Å². The van der Waals surface area contributed by atoms with E-state index in [1.807, 2.05) is 36.2 Å². The minimum absolute atomic E-state index is 0.00344. The van der Waals surface area contributed by atoms with Gasteiger partial charge in [-0.2, -0.15) is 5.10 Å². The Kier molecular flexibility index (Phi) is 13.6. The van der Waals surface area contributed by atoms with Crippen LogP contribution >= 0.6 is 0 Å². The molecule has 0 aromatic heterocycles. The molecule has 0 aliphatic carbocycles. The molecule has 51 heavy (non-hydrogen) atoms. The van der Waals surface area contributed by atoms with E-state index in [2.05, 4.69) is 48.6 Å². The highest BCUT2D eigenvalue weighted by Crippen LogP contribution is 2.34. The molecule has 0 bridgehead atoms. The fourth-order valence-corrected chi connectivity index (χ4v) is 6.55. The van der Waals surface area contributed by atoms with E-state index in [0.717, 1.165) is 42.6 Å². The second-order valence-electron chi connectivity index (χ2n) is 14.0. The van der Waals surface area contributed by atoms with Gasteiger partial charge in [0.05, 0.1) is 17.2 Å². The zero-order valence-electron chi connectivity index (χ0n) is 30.5. The Bertz CT molecular complexity index is 1600. The van der Waals surface area contributed by atoms with Gasteiger partial charge in [-0.05, 0) is 48.8 Å². The highest BCUT2D eigenvalue weighted by Gasteiger charge is 2.43. The molecule has 2 unspecified atom stereocenters. The Morgan fingerprint density at radius 2 is 1.71 bits per heavy atom. The molecule has 0 spiro atoms. The number of hydrogen-bond acceptors (Lipinski definition) is 8. The van der Waals surface area contributed by atoms with Crippen LogP contribution in [0.3, 0.4) is 0 Å². The number of nitrogens with zero attached hydrogens (tertiary/aromatic N) is 4. The van der Waals surface area contributed by atoms with Crippen LogP contribution in [-0.2, 0) is 19.2 Å². The monoisotopic (exact) mass is 700 g/mol. The molecule has 2 aromatic carbocycles. The number of rotatable bonds is 13. The number of aldehydes is 1. The van der Waals surface area contributed by atoms with Crippen molar-refractivity contribution >= 4 is 47.7 Å². The third-order valence-electron chi connectivity index (χ3n) is 9.95. The first-order chi connectivity index (χ1) is 24.5. The van der Waals surface area contributed by atoms with E-state index >= 15 is 0 Å². The van der Waals surface area contributed by atoms with Crippen molar-refractivity contribution in [3.63, 3.8) is 0 Å². The molecule has 274 valence electrons. The highest BCUT2D eigenvalue weighted by molar-refractivity contribution is 6.25. The summed E-state index contributed by atoms with van der Waals surface area (Å²) >= 11 is 0. The molecule has 1 saturated heterocycles. The van der Waals surface area contributed by atoms with Gasteiger partial charge < -0.3 is 20.3 Å². The number of likely N-dealkylation sites (tertiary alicyclic amines) is 1. The Morgan fingerprint density at radius 1 is 1.00 bits per heavy atom. The number of benzene rings is 2. The largest absolute Gasteiger partial charge is 0.384 e. The van der Waals surface area contributed by atoms with Gasteiger partial charge in [0.1, 0.15) is 12.3 Å². The van der Waals surface area contributed by atoms with Gasteiger partial charge in [-0.3, -0.25) is 28.9 Å². The predicted molar refractivity (Wildman–Crippen MR) is 196 cm³/mol. The average molecular weight is 701 g/mol. The molecular formula is C39H52N6O6. The Labute approximate surface area is 301 Å². The number of anilines is 1. The summed E-state index contributed by atoms with van der Waals surface area (Å²) in [5.41, 5.74) is 2.31. The fourth-order valence-electron chi connectivity index (χ4n) is 6.55. The average Bonchev–Trinajstić information content (AvgIpc) is 3.74. The summed E-state index contributed by atoms with van der Waals surface area (Å²) in [6, 6.07) is 14.1. The number of nitrogens with one attached hydrogen (secondary N) is 2. The SMILES string of the molecule is CCC(C)(C)CC(=O)N1CCC(C(=O)N2N=CCC2c2ccccc2)CC1.CCCNc1cccc2c1C(=O)N(C(CCC=O)C(=O)NC)C2=O. The van der Waals surface area contributed by atoms with Crippen molar-refractivity contribution in [3.05, 3.63) is 65.2 Å². The number of likely N-dealkylation sites (N-methyl/N-ethyl adjacent to an activating group) is 1. The molecular weight excluding hydrogens is 648 g/mol. The maximum Gasteiger partial charge on any atom is 0.264 e. The summed E-state index contributed by atoms with van der Waals surface area (Å²) in [4.78, 5) is 76.7. The van der Waals surface area contributed by atoms with E-state index < -0.39 is 23.8 Å². The maximum absolute atomic E-state index is 13.0. The first kappa shape index (κ1) is 38.9. The quantitative estimate of drug-likeness (QED) is 0.215. The molecule has 1 fully saturated rings. The molecule has 2 N–H and O–H groups in total.